The Morgan fingerprint density at radius 3 is 3.00 bits per heavy atom. The monoisotopic (exact) mass is 260 g/mol. The summed E-state index contributed by atoms with van der Waals surface area (Å²) in [6, 6.07) is 3.08. The summed E-state index contributed by atoms with van der Waals surface area (Å²) in [4.78, 5) is 3.98. The van der Waals surface area contributed by atoms with Gasteiger partial charge in [0.15, 0.2) is 0 Å². The van der Waals surface area contributed by atoms with Crippen LogP contribution in [0, 0.1) is 5.92 Å². The molecule has 0 bridgehead atoms. The van der Waals surface area contributed by atoms with Gasteiger partial charge in [0, 0.05) is 24.3 Å². The van der Waals surface area contributed by atoms with Gasteiger partial charge in [-0.15, -0.1) is 12.4 Å². The van der Waals surface area contributed by atoms with Crippen molar-refractivity contribution in [1.29, 1.82) is 0 Å². The number of piperidine rings is 1. The predicted molar refractivity (Wildman–Crippen MR) is 65.4 cm³/mol. The van der Waals surface area contributed by atoms with E-state index in [4.69, 9.17) is 16.3 Å². The van der Waals surface area contributed by atoms with Crippen LogP contribution in [-0.2, 0) is 0 Å². The van der Waals surface area contributed by atoms with Crippen molar-refractivity contribution in [2.24, 2.45) is 5.92 Å². The van der Waals surface area contributed by atoms with Gasteiger partial charge in [-0.05, 0) is 18.8 Å². The van der Waals surface area contributed by atoms with Gasteiger partial charge in [-0.25, -0.2) is 0 Å². The number of hydrogen-bond acceptors (Lipinski definition) is 3. The number of fused-ring (bicyclic) bond motifs is 1. The fourth-order valence-corrected chi connectivity index (χ4v) is 2.40. The van der Waals surface area contributed by atoms with Gasteiger partial charge in [-0.1, -0.05) is 11.6 Å². The molecule has 1 aliphatic carbocycles. The molecule has 0 aromatic carbocycles. The summed E-state index contributed by atoms with van der Waals surface area (Å²) in [5.41, 5.74) is 0. The lowest BCUT2D eigenvalue weighted by molar-refractivity contribution is 0.267. The molecule has 3 unspecified atom stereocenters. The Balaban J connectivity index is 0.000000963. The van der Waals surface area contributed by atoms with Crippen molar-refractivity contribution in [3.05, 3.63) is 23.5 Å². The van der Waals surface area contributed by atoms with Crippen LogP contribution in [-0.4, -0.2) is 23.7 Å². The molecule has 2 heterocycles. The highest BCUT2D eigenvalue weighted by molar-refractivity contribution is 6.30. The van der Waals surface area contributed by atoms with Gasteiger partial charge in [-0.3, -0.25) is 4.98 Å². The first kappa shape index (κ1) is 12.0. The Bertz CT molecular complexity index is 365. The van der Waals surface area contributed by atoms with Crippen molar-refractivity contribution >= 4 is 24.0 Å². The maximum Gasteiger partial charge on any atom is 0.139 e. The minimum Gasteiger partial charge on any atom is -0.490 e. The van der Waals surface area contributed by atoms with E-state index >= 15 is 0 Å². The normalized spacial score (nSPS) is 30.4. The van der Waals surface area contributed by atoms with Crippen LogP contribution in [0.5, 0.6) is 5.75 Å². The fraction of sp³-hybridized carbons (Fsp3) is 0.545. The number of pyridine rings is 1. The minimum atomic E-state index is 0. The number of halogens is 2. The van der Waals surface area contributed by atoms with E-state index in [-0.39, 0.29) is 12.4 Å². The standard InChI is InChI=1S/C11H13ClN2O.ClH/c12-8-3-10(5-13-4-8)15-6-9-1-7-2-11(7)14-9;/h3-5,7,9,11,14H,1-2,6H2;1H. The van der Waals surface area contributed by atoms with Gasteiger partial charge in [0.1, 0.15) is 12.4 Å². The molecule has 3 rings (SSSR count). The predicted octanol–water partition coefficient (Wildman–Crippen LogP) is 2.29. The first-order chi connectivity index (χ1) is 7.31. The highest BCUT2D eigenvalue weighted by Gasteiger charge is 2.45. The quantitative estimate of drug-likeness (QED) is 0.906. The van der Waals surface area contributed by atoms with Crippen molar-refractivity contribution in [2.45, 2.75) is 24.9 Å². The van der Waals surface area contributed by atoms with Gasteiger partial charge >= 0.3 is 0 Å². The van der Waals surface area contributed by atoms with Crippen molar-refractivity contribution < 1.29 is 4.74 Å². The van der Waals surface area contributed by atoms with Crippen LogP contribution in [0.1, 0.15) is 12.8 Å². The van der Waals surface area contributed by atoms with E-state index in [0.29, 0.717) is 11.1 Å². The maximum atomic E-state index is 5.81. The third kappa shape index (κ3) is 2.59. The summed E-state index contributed by atoms with van der Waals surface area (Å²) in [7, 11) is 0. The molecule has 88 valence electrons. The summed E-state index contributed by atoms with van der Waals surface area (Å²) < 4.78 is 5.63. The lowest BCUT2D eigenvalue weighted by atomic mass is 10.2. The number of rotatable bonds is 3. The molecule has 2 fully saturated rings. The van der Waals surface area contributed by atoms with E-state index in [1.165, 1.54) is 12.8 Å². The molecule has 3 nitrogen and oxygen atoms in total. The smallest absolute Gasteiger partial charge is 0.139 e. The van der Waals surface area contributed by atoms with Crippen LogP contribution in [0.2, 0.25) is 5.02 Å². The van der Waals surface area contributed by atoms with Crippen LogP contribution in [0.15, 0.2) is 18.5 Å². The second-order valence-corrected chi connectivity index (χ2v) is 4.79. The Hall–Kier alpha value is -0.510. The number of ether oxygens (including phenoxy) is 1. The zero-order valence-corrected chi connectivity index (χ0v) is 10.3. The van der Waals surface area contributed by atoms with Gasteiger partial charge in [-0.2, -0.15) is 0 Å². The van der Waals surface area contributed by atoms with Crippen LogP contribution in [0.4, 0.5) is 0 Å². The van der Waals surface area contributed by atoms with Crippen LogP contribution in [0.3, 0.4) is 0 Å². The van der Waals surface area contributed by atoms with E-state index in [2.05, 4.69) is 10.3 Å². The third-order valence-electron chi connectivity index (χ3n) is 3.09. The van der Waals surface area contributed by atoms with E-state index in [9.17, 15) is 0 Å². The number of hydrogen-bond donors (Lipinski definition) is 1. The number of nitrogens with zero attached hydrogens (tertiary/aromatic N) is 1. The Labute approximate surface area is 106 Å². The zero-order chi connectivity index (χ0) is 10.3. The van der Waals surface area contributed by atoms with E-state index < -0.39 is 0 Å². The van der Waals surface area contributed by atoms with Crippen LogP contribution >= 0.6 is 24.0 Å². The molecule has 5 heteroatoms. The van der Waals surface area contributed by atoms with E-state index in [1.54, 1.807) is 18.5 Å². The second kappa shape index (κ2) is 4.78. The van der Waals surface area contributed by atoms with E-state index in [0.717, 1.165) is 24.3 Å². The van der Waals surface area contributed by atoms with Crippen molar-refractivity contribution in [2.75, 3.05) is 6.61 Å². The first-order valence-electron chi connectivity index (χ1n) is 5.30. The topological polar surface area (TPSA) is 34.1 Å². The zero-order valence-electron chi connectivity index (χ0n) is 8.73. The van der Waals surface area contributed by atoms with Crippen LogP contribution < -0.4 is 10.1 Å². The molecule has 1 saturated carbocycles. The van der Waals surface area contributed by atoms with Gasteiger partial charge in [0.05, 0.1) is 11.2 Å². The highest BCUT2D eigenvalue weighted by atomic mass is 35.5. The minimum absolute atomic E-state index is 0. The molecule has 2 aliphatic rings. The molecule has 1 N–H and O–H groups in total. The molecule has 0 radical (unpaired) electrons. The molecular formula is C11H14Cl2N2O. The summed E-state index contributed by atoms with van der Waals surface area (Å²) in [5, 5.41) is 4.15. The first-order valence-corrected chi connectivity index (χ1v) is 5.68. The molecule has 0 spiro atoms. The lowest BCUT2D eigenvalue weighted by Gasteiger charge is -2.14. The molecule has 3 atom stereocenters. The molecule has 16 heavy (non-hydrogen) atoms. The fourth-order valence-electron chi connectivity index (χ4n) is 2.23. The second-order valence-electron chi connectivity index (χ2n) is 4.35. The number of nitrogens with one attached hydrogen (secondary N) is 1. The number of aromatic nitrogens is 1. The average Bonchev–Trinajstić information content (AvgIpc) is 2.84. The summed E-state index contributed by atoms with van der Waals surface area (Å²) in [5.74, 6) is 1.67. The lowest BCUT2D eigenvalue weighted by Crippen LogP contribution is -2.31. The maximum absolute atomic E-state index is 5.81. The largest absolute Gasteiger partial charge is 0.490 e. The van der Waals surface area contributed by atoms with Crippen molar-refractivity contribution in [3.8, 4) is 5.75 Å². The summed E-state index contributed by atoms with van der Waals surface area (Å²) in [6.45, 7) is 0.717. The highest BCUT2D eigenvalue weighted by Crippen LogP contribution is 2.40. The average molecular weight is 261 g/mol. The molecular weight excluding hydrogens is 247 g/mol. The van der Waals surface area contributed by atoms with Crippen molar-refractivity contribution in [3.63, 3.8) is 0 Å². The van der Waals surface area contributed by atoms with Crippen molar-refractivity contribution in [1.82, 2.24) is 10.3 Å². The summed E-state index contributed by atoms with van der Waals surface area (Å²) >= 11 is 5.81. The summed E-state index contributed by atoms with van der Waals surface area (Å²) in [6.07, 6.45) is 5.91. The van der Waals surface area contributed by atoms with Gasteiger partial charge in [0.2, 0.25) is 0 Å². The van der Waals surface area contributed by atoms with E-state index in [1.807, 2.05) is 0 Å². The Morgan fingerprint density at radius 2 is 2.31 bits per heavy atom. The molecule has 1 saturated heterocycles. The Kier molecular flexibility index (Phi) is 3.57. The van der Waals surface area contributed by atoms with Gasteiger partial charge in [0.25, 0.3) is 0 Å². The third-order valence-corrected chi connectivity index (χ3v) is 3.30. The molecule has 1 aromatic rings. The van der Waals surface area contributed by atoms with Gasteiger partial charge < -0.3 is 10.1 Å². The SMILES string of the molecule is Cl.Clc1cncc(OCC2CC3CC3N2)c1. The molecule has 1 aromatic heterocycles. The molecule has 0 amide bonds. The Morgan fingerprint density at radius 1 is 1.44 bits per heavy atom. The molecule has 1 aliphatic heterocycles. The van der Waals surface area contributed by atoms with Crippen LogP contribution in [0.25, 0.3) is 0 Å².